The summed E-state index contributed by atoms with van der Waals surface area (Å²) in [6.45, 7) is 2.56. The first-order valence-corrected chi connectivity index (χ1v) is 5.81. The highest BCUT2D eigenvalue weighted by Crippen LogP contribution is 2.44. The number of nitrogen functional groups attached to an aromatic ring is 1. The van der Waals surface area contributed by atoms with E-state index in [2.05, 4.69) is 5.32 Å². The van der Waals surface area contributed by atoms with Gasteiger partial charge < -0.3 is 16.2 Å². The van der Waals surface area contributed by atoms with E-state index in [1.54, 1.807) is 18.2 Å². The molecular weight excluding hydrogens is 216 g/mol. The lowest BCUT2D eigenvalue weighted by atomic mass is 10.1. The number of hydrogen-bond donors (Lipinski definition) is 3. The van der Waals surface area contributed by atoms with Crippen LogP contribution in [0.15, 0.2) is 18.2 Å². The number of aliphatic hydroxyl groups is 1. The first-order valence-electron chi connectivity index (χ1n) is 5.81. The number of aliphatic hydroxyl groups excluding tert-OH is 1. The number of rotatable bonds is 4. The van der Waals surface area contributed by atoms with Crippen LogP contribution in [0.4, 0.5) is 5.69 Å². The monoisotopic (exact) mass is 234 g/mol. The van der Waals surface area contributed by atoms with Gasteiger partial charge in [0, 0.05) is 23.2 Å². The fourth-order valence-corrected chi connectivity index (χ4v) is 1.87. The molecule has 1 aliphatic rings. The zero-order chi connectivity index (χ0) is 12.5. The lowest BCUT2D eigenvalue weighted by molar-refractivity contribution is 0.0934. The van der Waals surface area contributed by atoms with Crippen molar-refractivity contribution in [2.45, 2.75) is 19.8 Å². The lowest BCUT2D eigenvalue weighted by Crippen LogP contribution is -2.32. The summed E-state index contributed by atoms with van der Waals surface area (Å²) in [5.41, 5.74) is 7.76. The Morgan fingerprint density at radius 3 is 2.76 bits per heavy atom. The average molecular weight is 234 g/mol. The molecule has 0 bridgehead atoms. The summed E-state index contributed by atoms with van der Waals surface area (Å²) in [6.07, 6.45) is 1.98. The molecule has 1 aliphatic carbocycles. The van der Waals surface area contributed by atoms with E-state index >= 15 is 0 Å². The molecule has 0 unspecified atom stereocenters. The van der Waals surface area contributed by atoms with Crippen LogP contribution < -0.4 is 11.1 Å². The first kappa shape index (κ1) is 11.9. The van der Waals surface area contributed by atoms with Crippen LogP contribution in [0.25, 0.3) is 0 Å². The molecule has 4 heteroatoms. The number of carbonyl (C=O) groups excluding carboxylic acids is 1. The number of aryl methyl sites for hydroxylation is 1. The zero-order valence-electron chi connectivity index (χ0n) is 9.99. The molecule has 0 spiro atoms. The van der Waals surface area contributed by atoms with Crippen molar-refractivity contribution in [2.75, 3.05) is 18.9 Å². The van der Waals surface area contributed by atoms with E-state index in [9.17, 15) is 4.79 Å². The Balaban J connectivity index is 2.00. The van der Waals surface area contributed by atoms with Crippen molar-refractivity contribution >= 4 is 11.6 Å². The minimum absolute atomic E-state index is 0.0582. The molecule has 4 nitrogen and oxygen atoms in total. The number of anilines is 1. The van der Waals surface area contributed by atoms with Crippen LogP contribution >= 0.6 is 0 Å². The van der Waals surface area contributed by atoms with Gasteiger partial charge in [0.15, 0.2) is 0 Å². The highest BCUT2D eigenvalue weighted by atomic mass is 16.3. The highest BCUT2D eigenvalue weighted by molar-refractivity contribution is 5.96. The molecule has 4 N–H and O–H groups in total. The number of carbonyl (C=O) groups is 1. The number of amides is 1. The molecule has 0 aromatic heterocycles. The summed E-state index contributed by atoms with van der Waals surface area (Å²) in [7, 11) is 0. The number of nitrogens with two attached hydrogens (primary N) is 1. The first-order chi connectivity index (χ1) is 8.06. The van der Waals surface area contributed by atoms with Gasteiger partial charge in [-0.3, -0.25) is 4.79 Å². The standard InChI is InChI=1S/C13H18N2O2/c1-9-6-10(14)2-3-11(9)12(17)15-7-13(8-16)4-5-13/h2-3,6,16H,4-5,7-8,14H2,1H3,(H,15,17). The van der Waals surface area contributed by atoms with Gasteiger partial charge in [-0.1, -0.05) is 0 Å². The van der Waals surface area contributed by atoms with E-state index < -0.39 is 0 Å². The Bertz CT molecular complexity index is 439. The Morgan fingerprint density at radius 2 is 2.24 bits per heavy atom. The molecule has 17 heavy (non-hydrogen) atoms. The van der Waals surface area contributed by atoms with E-state index in [0.29, 0.717) is 17.8 Å². The third-order valence-electron chi connectivity index (χ3n) is 3.41. The van der Waals surface area contributed by atoms with Crippen molar-refractivity contribution in [3.05, 3.63) is 29.3 Å². The Kier molecular flexibility index (Phi) is 3.07. The van der Waals surface area contributed by atoms with Gasteiger partial charge in [-0.05, 0) is 43.5 Å². The molecule has 1 aromatic rings. The average Bonchev–Trinajstić information content (AvgIpc) is 3.07. The van der Waals surface area contributed by atoms with Crippen LogP contribution in [-0.2, 0) is 0 Å². The maximum Gasteiger partial charge on any atom is 0.251 e. The SMILES string of the molecule is Cc1cc(N)ccc1C(=O)NCC1(CO)CC1. The Hall–Kier alpha value is -1.55. The second-order valence-electron chi connectivity index (χ2n) is 4.92. The fourth-order valence-electron chi connectivity index (χ4n) is 1.87. The molecule has 1 aromatic carbocycles. The third-order valence-corrected chi connectivity index (χ3v) is 3.41. The molecule has 1 amide bonds. The smallest absolute Gasteiger partial charge is 0.251 e. The van der Waals surface area contributed by atoms with Crippen molar-refractivity contribution in [2.24, 2.45) is 5.41 Å². The topological polar surface area (TPSA) is 75.4 Å². The third kappa shape index (κ3) is 2.58. The van der Waals surface area contributed by atoms with Crippen LogP contribution in [0, 0.1) is 12.3 Å². The quantitative estimate of drug-likeness (QED) is 0.682. The Labute approximate surface area is 101 Å². The largest absolute Gasteiger partial charge is 0.399 e. The molecule has 92 valence electrons. The lowest BCUT2D eigenvalue weighted by Gasteiger charge is -2.13. The van der Waals surface area contributed by atoms with Crippen molar-refractivity contribution in [3.63, 3.8) is 0 Å². The number of nitrogens with one attached hydrogen (secondary N) is 1. The van der Waals surface area contributed by atoms with Crippen molar-refractivity contribution in [1.82, 2.24) is 5.32 Å². The summed E-state index contributed by atoms with van der Waals surface area (Å²) < 4.78 is 0. The van der Waals surface area contributed by atoms with Crippen LogP contribution in [-0.4, -0.2) is 24.2 Å². The van der Waals surface area contributed by atoms with Gasteiger partial charge in [-0.25, -0.2) is 0 Å². The second-order valence-corrected chi connectivity index (χ2v) is 4.92. The fraction of sp³-hybridized carbons (Fsp3) is 0.462. The van der Waals surface area contributed by atoms with E-state index in [0.717, 1.165) is 18.4 Å². The highest BCUT2D eigenvalue weighted by Gasteiger charge is 2.42. The summed E-state index contributed by atoms with van der Waals surface area (Å²) in [4.78, 5) is 11.9. The predicted octanol–water partition coefficient (Wildman–Crippen LogP) is 1.08. The van der Waals surface area contributed by atoms with Gasteiger partial charge in [-0.15, -0.1) is 0 Å². The molecule has 1 fully saturated rings. The van der Waals surface area contributed by atoms with Gasteiger partial charge in [0.25, 0.3) is 5.91 Å². The summed E-state index contributed by atoms with van der Waals surface area (Å²) >= 11 is 0. The van der Waals surface area contributed by atoms with Gasteiger partial charge in [0.2, 0.25) is 0 Å². The Morgan fingerprint density at radius 1 is 1.53 bits per heavy atom. The summed E-state index contributed by atoms with van der Waals surface area (Å²) in [6, 6.07) is 5.24. The van der Waals surface area contributed by atoms with Gasteiger partial charge in [0.1, 0.15) is 0 Å². The van der Waals surface area contributed by atoms with E-state index in [4.69, 9.17) is 10.8 Å². The van der Waals surface area contributed by atoms with Gasteiger partial charge in [-0.2, -0.15) is 0 Å². The molecule has 2 rings (SSSR count). The predicted molar refractivity (Wildman–Crippen MR) is 66.7 cm³/mol. The van der Waals surface area contributed by atoms with Crippen LogP contribution in [0.5, 0.6) is 0 Å². The zero-order valence-corrected chi connectivity index (χ0v) is 9.99. The minimum Gasteiger partial charge on any atom is -0.399 e. The molecule has 0 heterocycles. The maximum atomic E-state index is 11.9. The normalized spacial score (nSPS) is 16.6. The van der Waals surface area contributed by atoms with Crippen molar-refractivity contribution in [3.8, 4) is 0 Å². The molecular formula is C13H18N2O2. The van der Waals surface area contributed by atoms with E-state index in [-0.39, 0.29) is 17.9 Å². The number of hydrogen-bond acceptors (Lipinski definition) is 3. The van der Waals surface area contributed by atoms with Gasteiger partial charge in [0.05, 0.1) is 6.61 Å². The van der Waals surface area contributed by atoms with E-state index in [1.807, 2.05) is 6.92 Å². The molecule has 1 saturated carbocycles. The second kappa shape index (κ2) is 4.37. The molecule has 0 saturated heterocycles. The number of benzene rings is 1. The summed E-state index contributed by atoms with van der Waals surface area (Å²) in [5.74, 6) is -0.0952. The van der Waals surface area contributed by atoms with Crippen LogP contribution in [0.3, 0.4) is 0 Å². The molecule has 0 radical (unpaired) electrons. The van der Waals surface area contributed by atoms with Gasteiger partial charge >= 0.3 is 0 Å². The van der Waals surface area contributed by atoms with Crippen molar-refractivity contribution in [1.29, 1.82) is 0 Å². The van der Waals surface area contributed by atoms with Crippen molar-refractivity contribution < 1.29 is 9.90 Å². The molecule has 0 aliphatic heterocycles. The minimum atomic E-state index is -0.0952. The van der Waals surface area contributed by atoms with Crippen LogP contribution in [0.1, 0.15) is 28.8 Å². The molecule has 0 atom stereocenters. The summed E-state index contributed by atoms with van der Waals surface area (Å²) in [5, 5.41) is 12.0. The maximum absolute atomic E-state index is 11.9. The van der Waals surface area contributed by atoms with E-state index in [1.165, 1.54) is 0 Å². The van der Waals surface area contributed by atoms with Crippen LogP contribution in [0.2, 0.25) is 0 Å².